The predicted octanol–water partition coefficient (Wildman–Crippen LogP) is 5.46. The third-order valence-corrected chi connectivity index (χ3v) is 7.42. The first-order valence-electron chi connectivity index (χ1n) is 11.1. The van der Waals surface area contributed by atoms with E-state index in [9.17, 15) is 5.11 Å². The number of alkyl halides is 1. The third-order valence-electron chi connectivity index (χ3n) is 5.83. The summed E-state index contributed by atoms with van der Waals surface area (Å²) >= 11 is 14.1. The van der Waals surface area contributed by atoms with Crippen LogP contribution in [0.2, 0.25) is 5.02 Å². The van der Waals surface area contributed by atoms with E-state index in [1.807, 2.05) is 42.1 Å². The Bertz CT molecular complexity index is 842. The SMILES string of the molecule is CC(C)(c1ccc(OCCCN2CCSCC2)cc1)c1ccc(OC[C@@H](O)CCl)c(Cl)c1. The number of hydrogen-bond acceptors (Lipinski definition) is 5. The Morgan fingerprint density at radius 3 is 2.41 bits per heavy atom. The fourth-order valence-corrected chi connectivity index (χ4v) is 4.98. The molecule has 0 unspecified atom stereocenters. The largest absolute Gasteiger partial charge is 0.494 e. The second kappa shape index (κ2) is 12.4. The molecule has 1 N–H and O–H groups in total. The van der Waals surface area contributed by atoms with Gasteiger partial charge in [-0.2, -0.15) is 11.8 Å². The molecule has 1 aliphatic rings. The zero-order chi connectivity index (χ0) is 23.0. The van der Waals surface area contributed by atoms with Gasteiger partial charge in [0.25, 0.3) is 0 Å². The standard InChI is InChI=1S/C25H33Cl2NO3S/c1-25(2,20-6-9-24(23(27)16-20)31-18-21(29)17-26)19-4-7-22(8-5-19)30-13-3-10-28-11-14-32-15-12-28/h4-9,16,21,29H,3,10-15,17-18H2,1-2H3/t21-/m0/s1. The highest BCUT2D eigenvalue weighted by atomic mass is 35.5. The number of ether oxygens (including phenoxy) is 2. The minimum absolute atomic E-state index is 0.116. The van der Waals surface area contributed by atoms with Crippen LogP contribution in [0, 0.1) is 0 Å². The quantitative estimate of drug-likeness (QED) is 0.329. The summed E-state index contributed by atoms with van der Waals surface area (Å²) in [6.45, 7) is 8.69. The summed E-state index contributed by atoms with van der Waals surface area (Å²) in [5.74, 6) is 4.06. The molecule has 0 aliphatic carbocycles. The summed E-state index contributed by atoms with van der Waals surface area (Å²) in [4.78, 5) is 2.52. The number of thioether (sulfide) groups is 1. The van der Waals surface area contributed by atoms with E-state index < -0.39 is 6.10 Å². The van der Waals surface area contributed by atoms with E-state index in [0.717, 1.165) is 30.9 Å². The van der Waals surface area contributed by atoms with Gasteiger partial charge in [0.05, 0.1) is 17.5 Å². The van der Waals surface area contributed by atoms with Crippen LogP contribution in [0.1, 0.15) is 31.4 Å². The molecule has 1 atom stereocenters. The highest BCUT2D eigenvalue weighted by Crippen LogP contribution is 2.36. The molecule has 2 aromatic rings. The first kappa shape index (κ1) is 25.5. The maximum absolute atomic E-state index is 9.58. The summed E-state index contributed by atoms with van der Waals surface area (Å²) in [6.07, 6.45) is 0.334. The first-order chi connectivity index (χ1) is 15.4. The van der Waals surface area contributed by atoms with E-state index in [1.54, 1.807) is 0 Å². The second-order valence-electron chi connectivity index (χ2n) is 8.57. The average Bonchev–Trinajstić information content (AvgIpc) is 2.81. The maximum atomic E-state index is 9.58. The Morgan fingerprint density at radius 2 is 1.75 bits per heavy atom. The van der Waals surface area contributed by atoms with Gasteiger partial charge < -0.3 is 19.5 Å². The molecule has 2 aromatic carbocycles. The number of benzene rings is 2. The van der Waals surface area contributed by atoms with Gasteiger partial charge in [-0.05, 0) is 41.8 Å². The van der Waals surface area contributed by atoms with Crippen LogP contribution >= 0.6 is 35.0 Å². The Labute approximate surface area is 206 Å². The highest BCUT2D eigenvalue weighted by Gasteiger charge is 2.24. The van der Waals surface area contributed by atoms with Crippen molar-refractivity contribution in [2.75, 3.05) is 50.2 Å². The first-order valence-corrected chi connectivity index (χ1v) is 13.2. The van der Waals surface area contributed by atoms with Gasteiger partial charge in [0.1, 0.15) is 24.2 Å². The van der Waals surface area contributed by atoms with Crippen LogP contribution in [-0.2, 0) is 5.41 Å². The fourth-order valence-electron chi connectivity index (χ4n) is 3.67. The number of hydrogen-bond donors (Lipinski definition) is 1. The molecule has 4 nitrogen and oxygen atoms in total. The number of rotatable bonds is 11. The van der Waals surface area contributed by atoms with E-state index in [0.29, 0.717) is 10.8 Å². The van der Waals surface area contributed by atoms with E-state index in [-0.39, 0.29) is 17.9 Å². The van der Waals surface area contributed by atoms with Gasteiger partial charge in [-0.1, -0.05) is 43.6 Å². The van der Waals surface area contributed by atoms with Gasteiger partial charge in [0.2, 0.25) is 0 Å². The predicted molar refractivity (Wildman–Crippen MR) is 136 cm³/mol. The van der Waals surface area contributed by atoms with Crippen molar-refractivity contribution in [2.24, 2.45) is 0 Å². The van der Waals surface area contributed by atoms with Gasteiger partial charge in [-0.15, -0.1) is 11.6 Å². The zero-order valence-corrected chi connectivity index (χ0v) is 21.2. The smallest absolute Gasteiger partial charge is 0.138 e. The van der Waals surface area contributed by atoms with Crippen molar-refractivity contribution < 1.29 is 14.6 Å². The van der Waals surface area contributed by atoms with Crippen LogP contribution in [0.4, 0.5) is 0 Å². The second-order valence-corrected chi connectivity index (χ2v) is 10.5. The maximum Gasteiger partial charge on any atom is 0.138 e. The van der Waals surface area contributed by atoms with Crippen molar-refractivity contribution in [3.05, 3.63) is 58.6 Å². The van der Waals surface area contributed by atoms with Crippen molar-refractivity contribution in [1.29, 1.82) is 0 Å². The number of halogens is 2. The van der Waals surface area contributed by atoms with Crippen molar-refractivity contribution in [2.45, 2.75) is 31.8 Å². The summed E-state index contributed by atoms with van der Waals surface area (Å²) in [7, 11) is 0. The van der Waals surface area contributed by atoms with E-state index in [2.05, 4.69) is 30.9 Å². The van der Waals surface area contributed by atoms with Crippen LogP contribution in [0.15, 0.2) is 42.5 Å². The van der Waals surface area contributed by atoms with Gasteiger partial charge in [0, 0.05) is 36.6 Å². The summed E-state index contributed by atoms with van der Waals surface area (Å²) < 4.78 is 11.5. The van der Waals surface area contributed by atoms with Crippen LogP contribution in [0.3, 0.4) is 0 Å². The Hall–Kier alpha value is -1.11. The normalized spacial score (nSPS) is 16.0. The molecule has 1 aliphatic heterocycles. The lowest BCUT2D eigenvalue weighted by Gasteiger charge is -2.27. The molecule has 0 saturated carbocycles. The van der Waals surface area contributed by atoms with Gasteiger partial charge in [-0.25, -0.2) is 0 Å². The number of aliphatic hydroxyl groups excluding tert-OH is 1. The monoisotopic (exact) mass is 497 g/mol. The average molecular weight is 499 g/mol. The molecule has 32 heavy (non-hydrogen) atoms. The molecule has 7 heteroatoms. The molecule has 0 bridgehead atoms. The lowest BCUT2D eigenvalue weighted by molar-refractivity contribution is 0.125. The molecule has 1 heterocycles. The Morgan fingerprint density at radius 1 is 1.06 bits per heavy atom. The van der Waals surface area contributed by atoms with Crippen molar-refractivity contribution in [3.8, 4) is 11.5 Å². The lowest BCUT2D eigenvalue weighted by atomic mass is 9.78. The van der Waals surface area contributed by atoms with Crippen molar-refractivity contribution in [3.63, 3.8) is 0 Å². The minimum Gasteiger partial charge on any atom is -0.494 e. The van der Waals surface area contributed by atoms with E-state index in [1.165, 1.54) is 30.2 Å². The Balaban J connectivity index is 1.55. The zero-order valence-electron chi connectivity index (χ0n) is 18.9. The summed E-state index contributed by atoms with van der Waals surface area (Å²) in [5.41, 5.74) is 2.03. The van der Waals surface area contributed by atoms with Gasteiger partial charge in [-0.3, -0.25) is 0 Å². The van der Waals surface area contributed by atoms with Crippen LogP contribution in [0.5, 0.6) is 11.5 Å². The van der Waals surface area contributed by atoms with Crippen LogP contribution < -0.4 is 9.47 Å². The number of nitrogens with zero attached hydrogens (tertiary/aromatic N) is 1. The third kappa shape index (κ3) is 7.19. The summed E-state index contributed by atoms with van der Waals surface area (Å²) in [5, 5.41) is 10.1. The molecule has 1 saturated heterocycles. The topological polar surface area (TPSA) is 41.9 Å². The van der Waals surface area contributed by atoms with Crippen LogP contribution in [-0.4, -0.2) is 66.3 Å². The van der Waals surface area contributed by atoms with Crippen LogP contribution in [0.25, 0.3) is 0 Å². The van der Waals surface area contributed by atoms with Crippen molar-refractivity contribution >= 4 is 35.0 Å². The molecular weight excluding hydrogens is 465 g/mol. The van der Waals surface area contributed by atoms with Gasteiger partial charge >= 0.3 is 0 Å². The molecule has 0 radical (unpaired) electrons. The molecule has 3 rings (SSSR count). The molecular formula is C25H33Cl2NO3S. The highest BCUT2D eigenvalue weighted by molar-refractivity contribution is 7.99. The minimum atomic E-state index is -0.714. The van der Waals surface area contributed by atoms with E-state index >= 15 is 0 Å². The Kier molecular flexibility index (Phi) is 9.87. The molecule has 176 valence electrons. The molecule has 1 fully saturated rings. The molecule has 0 amide bonds. The van der Waals surface area contributed by atoms with E-state index in [4.69, 9.17) is 32.7 Å². The lowest BCUT2D eigenvalue weighted by Crippen LogP contribution is -2.33. The van der Waals surface area contributed by atoms with Gasteiger partial charge in [0.15, 0.2) is 0 Å². The molecule has 0 aromatic heterocycles. The number of aliphatic hydroxyl groups is 1. The molecule has 0 spiro atoms. The summed E-state index contributed by atoms with van der Waals surface area (Å²) in [6, 6.07) is 14.1. The van der Waals surface area contributed by atoms with Crippen molar-refractivity contribution in [1.82, 2.24) is 4.90 Å². The fraction of sp³-hybridized carbons (Fsp3) is 0.520.